The zero-order valence-corrected chi connectivity index (χ0v) is 36.4. The van der Waals surface area contributed by atoms with Gasteiger partial charge in [-0.3, -0.25) is 0 Å². The lowest BCUT2D eigenvalue weighted by atomic mass is 10.1. The monoisotopic (exact) mass is 731 g/mol. The molecule has 0 fully saturated rings. The minimum atomic E-state index is 0.586. The third-order valence-electron chi connectivity index (χ3n) is 11.1. The first-order valence-corrected chi connectivity index (χ1v) is 23.7. The SMILES string of the molecule is CCCCCCCCC=CCCCCCCCCN(CCCCN(CCCCCCCCC=CCCCCCCCC)CC(C)CN)CC(C)CN. The molecule has 4 nitrogen and oxygen atoms in total. The molecule has 52 heavy (non-hydrogen) atoms. The summed E-state index contributed by atoms with van der Waals surface area (Å²) in [6.45, 7) is 18.1. The number of allylic oxidation sites excluding steroid dienone is 4. The second-order valence-corrected chi connectivity index (χ2v) is 16.9. The highest BCUT2D eigenvalue weighted by Crippen LogP contribution is 2.14. The first kappa shape index (κ1) is 51.3. The predicted molar refractivity (Wildman–Crippen MR) is 237 cm³/mol. The zero-order chi connectivity index (χ0) is 38.0. The smallest absolute Gasteiger partial charge is 0.00191 e. The van der Waals surface area contributed by atoms with Crippen LogP contribution >= 0.6 is 0 Å². The van der Waals surface area contributed by atoms with Gasteiger partial charge < -0.3 is 21.3 Å². The van der Waals surface area contributed by atoms with Gasteiger partial charge in [0.15, 0.2) is 0 Å². The summed E-state index contributed by atoms with van der Waals surface area (Å²) in [7, 11) is 0. The van der Waals surface area contributed by atoms with Gasteiger partial charge in [0.25, 0.3) is 0 Å². The first-order valence-electron chi connectivity index (χ1n) is 23.7. The van der Waals surface area contributed by atoms with Crippen molar-refractivity contribution in [3.63, 3.8) is 0 Å². The Hall–Kier alpha value is -0.680. The van der Waals surface area contributed by atoms with Crippen LogP contribution < -0.4 is 11.5 Å². The Morgan fingerprint density at radius 1 is 0.346 bits per heavy atom. The van der Waals surface area contributed by atoms with Crippen LogP contribution in [-0.4, -0.2) is 62.2 Å². The van der Waals surface area contributed by atoms with Crippen LogP contribution in [0.15, 0.2) is 24.3 Å². The molecule has 0 bridgehead atoms. The average molecular weight is 731 g/mol. The highest BCUT2D eigenvalue weighted by atomic mass is 15.1. The normalized spacial score (nSPS) is 13.5. The molecule has 2 unspecified atom stereocenters. The molecule has 0 amide bonds. The Morgan fingerprint density at radius 3 is 0.846 bits per heavy atom. The molecule has 0 aromatic rings. The van der Waals surface area contributed by atoms with E-state index in [1.807, 2.05) is 0 Å². The molecular formula is C48H98N4. The van der Waals surface area contributed by atoms with Gasteiger partial charge in [-0.15, -0.1) is 0 Å². The van der Waals surface area contributed by atoms with Gasteiger partial charge in [0.2, 0.25) is 0 Å². The molecule has 0 aliphatic heterocycles. The minimum absolute atomic E-state index is 0.586. The Balaban J connectivity index is 4.08. The van der Waals surface area contributed by atoms with Crippen molar-refractivity contribution in [3.8, 4) is 0 Å². The van der Waals surface area contributed by atoms with E-state index in [-0.39, 0.29) is 0 Å². The summed E-state index contributed by atoms with van der Waals surface area (Å²) in [5.41, 5.74) is 12.1. The number of hydrogen-bond donors (Lipinski definition) is 2. The van der Waals surface area contributed by atoms with E-state index in [0.29, 0.717) is 11.8 Å². The molecule has 0 radical (unpaired) electrons. The molecular weight excluding hydrogens is 633 g/mol. The fourth-order valence-electron chi connectivity index (χ4n) is 7.46. The third kappa shape index (κ3) is 39.0. The van der Waals surface area contributed by atoms with Crippen LogP contribution in [-0.2, 0) is 0 Å². The molecule has 2 atom stereocenters. The molecule has 0 aliphatic carbocycles. The molecule has 0 heterocycles. The van der Waals surface area contributed by atoms with Gasteiger partial charge in [0, 0.05) is 13.1 Å². The van der Waals surface area contributed by atoms with Crippen LogP contribution in [0.25, 0.3) is 0 Å². The largest absolute Gasteiger partial charge is 0.330 e. The van der Waals surface area contributed by atoms with Gasteiger partial charge in [-0.2, -0.15) is 0 Å². The highest BCUT2D eigenvalue weighted by molar-refractivity contribution is 4.82. The van der Waals surface area contributed by atoms with Crippen LogP contribution in [0, 0.1) is 11.8 Å². The topological polar surface area (TPSA) is 58.5 Å². The van der Waals surface area contributed by atoms with Crippen molar-refractivity contribution in [1.29, 1.82) is 0 Å². The lowest BCUT2D eigenvalue weighted by Gasteiger charge is -2.27. The Labute approximate surface area is 329 Å². The van der Waals surface area contributed by atoms with Crippen LogP contribution in [0.3, 0.4) is 0 Å². The molecule has 4 N–H and O–H groups in total. The molecule has 310 valence electrons. The number of nitrogens with two attached hydrogens (primary N) is 2. The summed E-state index contributed by atoms with van der Waals surface area (Å²) < 4.78 is 0. The Morgan fingerprint density at radius 2 is 0.577 bits per heavy atom. The fourth-order valence-corrected chi connectivity index (χ4v) is 7.46. The summed E-state index contributed by atoms with van der Waals surface area (Å²) in [6.07, 6.45) is 50.9. The predicted octanol–water partition coefficient (Wildman–Crippen LogP) is 13.6. The van der Waals surface area contributed by atoms with E-state index in [1.165, 1.54) is 219 Å². The number of hydrogen-bond acceptors (Lipinski definition) is 4. The standard InChI is InChI=1S/C48H98N4/c1-5-7-9-11-13-15-17-19-21-23-25-27-29-31-33-35-39-51(45-47(3)43-49)41-37-38-42-52(46-48(4)44-50)40-36-34-32-30-28-26-24-22-20-18-16-14-12-10-8-6-2/h19-22,47-48H,5-18,23-46,49-50H2,1-4H3. The number of nitrogens with zero attached hydrogens (tertiary/aromatic N) is 2. The van der Waals surface area contributed by atoms with E-state index in [0.717, 1.165) is 26.2 Å². The van der Waals surface area contributed by atoms with Crippen LogP contribution in [0.4, 0.5) is 0 Å². The summed E-state index contributed by atoms with van der Waals surface area (Å²) in [5.74, 6) is 1.17. The summed E-state index contributed by atoms with van der Waals surface area (Å²) in [4.78, 5) is 5.45. The van der Waals surface area contributed by atoms with Crippen molar-refractivity contribution in [2.75, 3.05) is 52.4 Å². The van der Waals surface area contributed by atoms with Crippen molar-refractivity contribution in [2.24, 2.45) is 23.3 Å². The molecule has 0 spiro atoms. The second kappa shape index (κ2) is 43.1. The summed E-state index contributed by atoms with van der Waals surface area (Å²) in [6, 6.07) is 0. The zero-order valence-electron chi connectivity index (χ0n) is 36.4. The van der Waals surface area contributed by atoms with E-state index in [9.17, 15) is 0 Å². The fraction of sp³-hybridized carbons (Fsp3) is 0.917. The van der Waals surface area contributed by atoms with E-state index < -0.39 is 0 Å². The lowest BCUT2D eigenvalue weighted by molar-refractivity contribution is 0.207. The van der Waals surface area contributed by atoms with Gasteiger partial charge >= 0.3 is 0 Å². The van der Waals surface area contributed by atoms with E-state index in [4.69, 9.17) is 11.5 Å². The number of unbranched alkanes of at least 4 members (excludes halogenated alkanes) is 25. The Bertz CT molecular complexity index is 661. The lowest BCUT2D eigenvalue weighted by Crippen LogP contribution is -2.35. The molecule has 0 aliphatic rings. The maximum atomic E-state index is 6.05. The maximum Gasteiger partial charge on any atom is 0.00191 e. The molecule has 0 rings (SSSR count). The van der Waals surface area contributed by atoms with Crippen LogP contribution in [0.1, 0.15) is 220 Å². The molecule has 4 heteroatoms. The molecule has 0 aromatic carbocycles. The van der Waals surface area contributed by atoms with E-state index in [1.54, 1.807) is 0 Å². The van der Waals surface area contributed by atoms with Crippen molar-refractivity contribution in [2.45, 2.75) is 220 Å². The average Bonchev–Trinajstić information content (AvgIpc) is 3.15. The minimum Gasteiger partial charge on any atom is -0.330 e. The second-order valence-electron chi connectivity index (χ2n) is 16.9. The van der Waals surface area contributed by atoms with Crippen molar-refractivity contribution < 1.29 is 0 Å². The van der Waals surface area contributed by atoms with Crippen LogP contribution in [0.5, 0.6) is 0 Å². The van der Waals surface area contributed by atoms with E-state index in [2.05, 4.69) is 61.8 Å². The quantitative estimate of drug-likeness (QED) is 0.0484. The maximum absolute atomic E-state index is 6.05. The van der Waals surface area contributed by atoms with Gasteiger partial charge in [-0.1, -0.05) is 168 Å². The van der Waals surface area contributed by atoms with Crippen molar-refractivity contribution in [3.05, 3.63) is 24.3 Å². The summed E-state index contributed by atoms with van der Waals surface area (Å²) >= 11 is 0. The highest BCUT2D eigenvalue weighted by Gasteiger charge is 2.12. The molecule has 0 aromatic heterocycles. The van der Waals surface area contributed by atoms with Gasteiger partial charge in [-0.25, -0.2) is 0 Å². The van der Waals surface area contributed by atoms with Gasteiger partial charge in [0.05, 0.1) is 0 Å². The Kier molecular flexibility index (Phi) is 42.5. The van der Waals surface area contributed by atoms with Crippen molar-refractivity contribution in [1.82, 2.24) is 9.80 Å². The van der Waals surface area contributed by atoms with E-state index >= 15 is 0 Å². The molecule has 0 saturated carbocycles. The third-order valence-corrected chi connectivity index (χ3v) is 11.1. The van der Waals surface area contributed by atoms with Crippen LogP contribution in [0.2, 0.25) is 0 Å². The van der Waals surface area contributed by atoms with Crippen molar-refractivity contribution >= 4 is 0 Å². The number of rotatable bonds is 43. The first-order chi connectivity index (χ1) is 25.6. The molecule has 0 saturated heterocycles. The van der Waals surface area contributed by atoms with Gasteiger partial charge in [-0.05, 0) is 128 Å². The summed E-state index contributed by atoms with van der Waals surface area (Å²) in [5, 5.41) is 0. The van der Waals surface area contributed by atoms with Gasteiger partial charge in [0.1, 0.15) is 0 Å².